The fourth-order valence-corrected chi connectivity index (χ4v) is 5.28. The molecule has 9 heteroatoms. The van der Waals surface area contributed by atoms with Crippen LogP contribution in [0.5, 0.6) is 11.5 Å². The van der Waals surface area contributed by atoms with E-state index in [2.05, 4.69) is 5.32 Å². The number of rotatable bonds is 7. The fraction of sp³-hybridized carbons (Fsp3) is 0.381. The average Bonchev–Trinajstić information content (AvgIpc) is 2.79. The Morgan fingerprint density at radius 1 is 1.07 bits per heavy atom. The molecule has 0 saturated carbocycles. The van der Waals surface area contributed by atoms with Crippen molar-refractivity contribution in [2.45, 2.75) is 22.6 Å². The molecule has 0 atom stereocenters. The molecule has 1 aliphatic rings. The summed E-state index contributed by atoms with van der Waals surface area (Å²) in [4.78, 5) is 14.0. The van der Waals surface area contributed by atoms with E-state index in [9.17, 15) is 13.2 Å². The molecule has 2 aromatic rings. The molecule has 7 nitrogen and oxygen atoms in total. The molecule has 2 aromatic carbocycles. The van der Waals surface area contributed by atoms with Crippen LogP contribution in [0.4, 0.5) is 5.69 Å². The van der Waals surface area contributed by atoms with Gasteiger partial charge < -0.3 is 14.8 Å². The number of piperidine rings is 1. The van der Waals surface area contributed by atoms with E-state index < -0.39 is 10.0 Å². The Morgan fingerprint density at radius 3 is 2.30 bits per heavy atom. The summed E-state index contributed by atoms with van der Waals surface area (Å²) in [6.07, 6.45) is 2.86. The number of hydrogen-bond acceptors (Lipinski definition) is 6. The van der Waals surface area contributed by atoms with Gasteiger partial charge in [0.25, 0.3) is 0 Å². The van der Waals surface area contributed by atoms with Gasteiger partial charge in [-0.15, -0.1) is 11.8 Å². The fourth-order valence-electron chi connectivity index (χ4n) is 3.40. The van der Waals surface area contributed by atoms with Crippen molar-refractivity contribution in [2.24, 2.45) is 5.92 Å². The standard InChI is InChI=1S/C21H26N2O5S2/c1-27-16-4-9-20(28-2)19(14-16)22-21(24)15-10-12-23(13-11-15)30(25,26)18-7-5-17(29-3)6-8-18/h4-9,14-15H,10-13H2,1-3H3,(H,22,24). The molecule has 3 rings (SSSR count). The minimum Gasteiger partial charge on any atom is -0.497 e. The summed E-state index contributed by atoms with van der Waals surface area (Å²) in [7, 11) is -0.471. The molecule has 1 aliphatic heterocycles. The molecular formula is C21H26N2O5S2. The lowest BCUT2D eigenvalue weighted by Gasteiger charge is -2.30. The number of amides is 1. The van der Waals surface area contributed by atoms with E-state index in [1.54, 1.807) is 61.3 Å². The third-order valence-corrected chi connectivity index (χ3v) is 7.84. The van der Waals surface area contributed by atoms with E-state index >= 15 is 0 Å². The second-order valence-corrected chi connectivity index (χ2v) is 9.73. The smallest absolute Gasteiger partial charge is 0.243 e. The molecule has 1 heterocycles. The molecular weight excluding hydrogens is 424 g/mol. The molecule has 0 unspecified atom stereocenters. The topological polar surface area (TPSA) is 84.9 Å². The van der Waals surface area contributed by atoms with Crippen molar-refractivity contribution in [3.63, 3.8) is 0 Å². The Hall–Kier alpha value is -2.23. The average molecular weight is 451 g/mol. The number of nitrogens with one attached hydrogen (secondary N) is 1. The minimum absolute atomic E-state index is 0.150. The number of carbonyl (C=O) groups is 1. The van der Waals surface area contributed by atoms with Gasteiger partial charge in [-0.05, 0) is 55.5 Å². The molecule has 0 aromatic heterocycles. The van der Waals surface area contributed by atoms with Gasteiger partial charge in [-0.3, -0.25) is 4.79 Å². The highest BCUT2D eigenvalue weighted by Gasteiger charge is 2.32. The highest BCUT2D eigenvalue weighted by molar-refractivity contribution is 7.98. The van der Waals surface area contributed by atoms with Crippen LogP contribution in [0.15, 0.2) is 52.3 Å². The Morgan fingerprint density at radius 2 is 1.73 bits per heavy atom. The molecule has 0 bridgehead atoms. The van der Waals surface area contributed by atoms with E-state index in [0.29, 0.717) is 43.1 Å². The second kappa shape index (κ2) is 9.72. The number of ether oxygens (including phenoxy) is 2. The molecule has 1 amide bonds. The van der Waals surface area contributed by atoms with Crippen LogP contribution in [0.25, 0.3) is 0 Å². The summed E-state index contributed by atoms with van der Waals surface area (Å²) in [6, 6.07) is 12.1. The molecule has 1 fully saturated rings. The first-order valence-corrected chi connectivity index (χ1v) is 12.2. The van der Waals surface area contributed by atoms with Crippen LogP contribution in [0, 0.1) is 5.92 Å². The number of anilines is 1. The van der Waals surface area contributed by atoms with E-state index in [0.717, 1.165) is 4.90 Å². The first-order valence-electron chi connectivity index (χ1n) is 9.56. The molecule has 0 radical (unpaired) electrons. The maximum absolute atomic E-state index is 12.9. The maximum atomic E-state index is 12.9. The normalized spacial score (nSPS) is 15.6. The highest BCUT2D eigenvalue weighted by atomic mass is 32.2. The third-order valence-electron chi connectivity index (χ3n) is 5.19. The summed E-state index contributed by atoms with van der Waals surface area (Å²) >= 11 is 1.56. The summed E-state index contributed by atoms with van der Waals surface area (Å²) in [5.41, 5.74) is 0.533. The zero-order valence-electron chi connectivity index (χ0n) is 17.3. The van der Waals surface area contributed by atoms with E-state index in [1.165, 1.54) is 11.4 Å². The van der Waals surface area contributed by atoms with Gasteiger partial charge in [0.15, 0.2) is 0 Å². The minimum atomic E-state index is -3.56. The number of sulfonamides is 1. The number of hydrogen-bond donors (Lipinski definition) is 1. The van der Waals surface area contributed by atoms with Gasteiger partial charge in [0.05, 0.1) is 24.8 Å². The van der Waals surface area contributed by atoms with Crippen LogP contribution in [-0.2, 0) is 14.8 Å². The van der Waals surface area contributed by atoms with Crippen molar-refractivity contribution in [1.82, 2.24) is 4.31 Å². The lowest BCUT2D eigenvalue weighted by molar-refractivity contribution is -0.120. The predicted octanol–water partition coefficient (Wildman–Crippen LogP) is 3.47. The Kier molecular flexibility index (Phi) is 7.27. The summed E-state index contributed by atoms with van der Waals surface area (Å²) in [5, 5.41) is 2.89. The van der Waals surface area contributed by atoms with Crippen LogP contribution < -0.4 is 14.8 Å². The number of nitrogens with zero attached hydrogens (tertiary/aromatic N) is 1. The Balaban J connectivity index is 1.64. The van der Waals surface area contributed by atoms with Gasteiger partial charge in [-0.25, -0.2) is 8.42 Å². The van der Waals surface area contributed by atoms with Crippen LogP contribution in [0.3, 0.4) is 0 Å². The van der Waals surface area contributed by atoms with Crippen molar-refractivity contribution >= 4 is 33.4 Å². The van der Waals surface area contributed by atoms with Crippen LogP contribution >= 0.6 is 11.8 Å². The lowest BCUT2D eigenvalue weighted by atomic mass is 9.97. The lowest BCUT2D eigenvalue weighted by Crippen LogP contribution is -2.41. The van der Waals surface area contributed by atoms with Gasteiger partial charge in [0, 0.05) is 30.0 Å². The van der Waals surface area contributed by atoms with Crippen molar-refractivity contribution in [3.8, 4) is 11.5 Å². The maximum Gasteiger partial charge on any atom is 0.243 e. The van der Waals surface area contributed by atoms with Crippen molar-refractivity contribution in [1.29, 1.82) is 0 Å². The monoisotopic (exact) mass is 450 g/mol. The third kappa shape index (κ3) is 4.91. The molecule has 1 saturated heterocycles. The molecule has 0 aliphatic carbocycles. The van der Waals surface area contributed by atoms with Crippen molar-refractivity contribution in [3.05, 3.63) is 42.5 Å². The quantitative estimate of drug-likeness (QED) is 0.651. The number of benzene rings is 2. The zero-order chi connectivity index (χ0) is 21.7. The van der Waals surface area contributed by atoms with Gasteiger partial charge in [-0.2, -0.15) is 4.31 Å². The van der Waals surface area contributed by atoms with Gasteiger partial charge >= 0.3 is 0 Å². The summed E-state index contributed by atoms with van der Waals surface area (Å²) in [6.45, 7) is 0.611. The molecule has 162 valence electrons. The zero-order valence-corrected chi connectivity index (χ0v) is 18.9. The SMILES string of the molecule is COc1ccc(OC)c(NC(=O)C2CCN(S(=O)(=O)c3ccc(SC)cc3)CC2)c1. The van der Waals surface area contributed by atoms with Crippen molar-refractivity contribution < 1.29 is 22.7 Å². The van der Waals surface area contributed by atoms with E-state index in [4.69, 9.17) is 9.47 Å². The van der Waals surface area contributed by atoms with Crippen molar-refractivity contribution in [2.75, 3.05) is 38.9 Å². The number of thioether (sulfide) groups is 1. The molecule has 1 N–H and O–H groups in total. The van der Waals surface area contributed by atoms with Crippen LogP contribution in [0.2, 0.25) is 0 Å². The largest absolute Gasteiger partial charge is 0.497 e. The molecule has 0 spiro atoms. The second-order valence-electron chi connectivity index (χ2n) is 6.91. The highest BCUT2D eigenvalue weighted by Crippen LogP contribution is 2.31. The Bertz CT molecular complexity index is 985. The van der Waals surface area contributed by atoms with Crippen LogP contribution in [0.1, 0.15) is 12.8 Å². The number of carbonyl (C=O) groups excluding carboxylic acids is 1. The summed E-state index contributed by atoms with van der Waals surface area (Å²) < 4.78 is 37.8. The van der Waals surface area contributed by atoms with E-state index in [-0.39, 0.29) is 16.7 Å². The Labute approximate surface area is 181 Å². The van der Waals surface area contributed by atoms with Crippen LogP contribution in [-0.4, -0.2) is 52.2 Å². The first-order chi connectivity index (χ1) is 14.4. The summed E-state index contributed by atoms with van der Waals surface area (Å²) in [5.74, 6) is 0.728. The number of methoxy groups -OCH3 is 2. The van der Waals surface area contributed by atoms with Gasteiger partial charge in [0.1, 0.15) is 11.5 Å². The molecule has 30 heavy (non-hydrogen) atoms. The van der Waals surface area contributed by atoms with Gasteiger partial charge in [-0.1, -0.05) is 0 Å². The first kappa shape index (κ1) is 22.5. The van der Waals surface area contributed by atoms with Gasteiger partial charge in [0.2, 0.25) is 15.9 Å². The van der Waals surface area contributed by atoms with E-state index in [1.807, 2.05) is 6.26 Å². The predicted molar refractivity (Wildman–Crippen MR) is 118 cm³/mol.